The molecular weight excluding hydrogens is 304 g/mol. The highest BCUT2D eigenvalue weighted by molar-refractivity contribution is 5.93. The van der Waals surface area contributed by atoms with E-state index in [0.717, 1.165) is 5.69 Å². The monoisotopic (exact) mass is 324 g/mol. The molecule has 5 nitrogen and oxygen atoms in total. The van der Waals surface area contributed by atoms with Crippen molar-refractivity contribution < 1.29 is 9.90 Å². The van der Waals surface area contributed by atoms with Crippen LogP contribution in [-0.2, 0) is 6.54 Å². The Labute approximate surface area is 140 Å². The summed E-state index contributed by atoms with van der Waals surface area (Å²) in [5, 5.41) is 9.60. The van der Waals surface area contributed by atoms with Gasteiger partial charge >= 0.3 is 5.97 Å². The Morgan fingerprint density at radius 2 is 1.83 bits per heavy atom. The quantitative estimate of drug-likeness (QED) is 0.758. The molecule has 5 heteroatoms. The molecule has 0 bridgehead atoms. The van der Waals surface area contributed by atoms with Crippen molar-refractivity contribution in [1.29, 1.82) is 0 Å². The van der Waals surface area contributed by atoms with Gasteiger partial charge in [-0.3, -0.25) is 4.79 Å². The molecule has 0 atom stereocenters. The van der Waals surface area contributed by atoms with Crippen molar-refractivity contribution in [1.82, 2.24) is 4.57 Å². The summed E-state index contributed by atoms with van der Waals surface area (Å²) in [6.45, 7) is 12.9. The standard InChI is InChI=1S/C19H20N2O3/c1-4-9-20(10-5-2)14-7-8-15-17(12-14)21(11-6-3)13-16(18(15)22)19(23)24/h4-8,12-13H,1-3,9-11H2,(H,23,24). The average molecular weight is 324 g/mol. The first kappa shape index (κ1) is 17.3. The van der Waals surface area contributed by atoms with Crippen LogP contribution >= 0.6 is 0 Å². The van der Waals surface area contributed by atoms with Crippen molar-refractivity contribution in [3.8, 4) is 0 Å². The van der Waals surface area contributed by atoms with E-state index in [2.05, 4.69) is 19.7 Å². The van der Waals surface area contributed by atoms with Gasteiger partial charge in [0.1, 0.15) is 5.56 Å². The second-order valence-corrected chi connectivity index (χ2v) is 5.30. The smallest absolute Gasteiger partial charge is 0.341 e. The van der Waals surface area contributed by atoms with Gasteiger partial charge in [-0.1, -0.05) is 18.2 Å². The van der Waals surface area contributed by atoms with Crippen molar-refractivity contribution >= 4 is 22.6 Å². The molecule has 0 saturated heterocycles. The van der Waals surface area contributed by atoms with Crippen LogP contribution in [0.4, 0.5) is 5.69 Å². The number of pyridine rings is 1. The first-order valence-electron chi connectivity index (χ1n) is 7.51. The Balaban J connectivity index is 2.72. The molecule has 0 radical (unpaired) electrons. The Kier molecular flexibility index (Phi) is 5.37. The van der Waals surface area contributed by atoms with Gasteiger partial charge in [0.2, 0.25) is 5.43 Å². The predicted molar refractivity (Wildman–Crippen MR) is 98.0 cm³/mol. The molecule has 24 heavy (non-hydrogen) atoms. The maximum atomic E-state index is 12.4. The van der Waals surface area contributed by atoms with Crippen LogP contribution in [0.1, 0.15) is 10.4 Å². The summed E-state index contributed by atoms with van der Waals surface area (Å²) in [5.74, 6) is -1.23. The van der Waals surface area contributed by atoms with Crippen molar-refractivity contribution in [2.75, 3.05) is 18.0 Å². The van der Waals surface area contributed by atoms with Crippen LogP contribution in [0.15, 0.2) is 67.2 Å². The number of fused-ring (bicyclic) bond motifs is 1. The molecule has 1 aromatic carbocycles. The van der Waals surface area contributed by atoms with Gasteiger partial charge in [-0.05, 0) is 18.2 Å². The molecule has 0 aliphatic rings. The molecule has 0 spiro atoms. The fraction of sp³-hybridized carbons (Fsp3) is 0.158. The highest BCUT2D eigenvalue weighted by Crippen LogP contribution is 2.21. The van der Waals surface area contributed by atoms with E-state index in [1.807, 2.05) is 11.0 Å². The number of hydrogen-bond donors (Lipinski definition) is 1. The van der Waals surface area contributed by atoms with Crippen LogP contribution < -0.4 is 10.3 Å². The van der Waals surface area contributed by atoms with Crippen LogP contribution in [0.3, 0.4) is 0 Å². The molecule has 2 rings (SSSR count). The molecule has 1 N–H and O–H groups in total. The van der Waals surface area contributed by atoms with Gasteiger partial charge in [0.05, 0.1) is 5.52 Å². The van der Waals surface area contributed by atoms with E-state index in [1.165, 1.54) is 6.20 Å². The third-order valence-corrected chi connectivity index (χ3v) is 3.69. The molecule has 0 fully saturated rings. The predicted octanol–water partition coefficient (Wildman–Crippen LogP) is 3.06. The Hall–Kier alpha value is -3.08. The Bertz CT molecular complexity index is 855. The first-order valence-corrected chi connectivity index (χ1v) is 7.51. The van der Waals surface area contributed by atoms with Crippen LogP contribution in [-0.4, -0.2) is 28.7 Å². The number of anilines is 1. The van der Waals surface area contributed by atoms with E-state index in [1.54, 1.807) is 34.9 Å². The van der Waals surface area contributed by atoms with Crippen molar-refractivity contribution in [2.24, 2.45) is 0 Å². The molecular formula is C19H20N2O3. The van der Waals surface area contributed by atoms with E-state index in [4.69, 9.17) is 0 Å². The lowest BCUT2D eigenvalue weighted by atomic mass is 10.1. The number of hydrogen-bond acceptors (Lipinski definition) is 3. The molecule has 124 valence electrons. The zero-order chi connectivity index (χ0) is 17.7. The minimum Gasteiger partial charge on any atom is -0.477 e. The molecule has 0 amide bonds. The number of allylic oxidation sites excluding steroid dienone is 1. The maximum Gasteiger partial charge on any atom is 0.341 e. The highest BCUT2D eigenvalue weighted by atomic mass is 16.4. The second kappa shape index (κ2) is 7.46. The summed E-state index contributed by atoms with van der Waals surface area (Å²) < 4.78 is 1.72. The van der Waals surface area contributed by atoms with Crippen molar-refractivity contribution in [3.63, 3.8) is 0 Å². The average Bonchev–Trinajstić information content (AvgIpc) is 2.56. The summed E-state index contributed by atoms with van der Waals surface area (Å²) in [5.41, 5.74) is 0.845. The molecule has 0 saturated carbocycles. The van der Waals surface area contributed by atoms with Crippen LogP contribution in [0.5, 0.6) is 0 Å². The largest absolute Gasteiger partial charge is 0.477 e. The lowest BCUT2D eigenvalue weighted by molar-refractivity contribution is 0.0695. The SMILES string of the molecule is C=CCN(CC=C)c1ccc2c(=O)c(C(=O)O)cn(CC=C)c2c1. The number of aromatic carboxylic acids is 1. The number of benzene rings is 1. The number of carboxylic acid groups (broad SMARTS) is 1. The molecule has 0 aliphatic heterocycles. The summed E-state index contributed by atoms with van der Waals surface area (Å²) in [6.07, 6.45) is 6.60. The fourth-order valence-corrected chi connectivity index (χ4v) is 2.61. The van der Waals surface area contributed by atoms with Crippen molar-refractivity contribution in [3.05, 3.63) is 78.1 Å². The molecule has 0 unspecified atom stereocenters. The van der Waals surface area contributed by atoms with Gasteiger partial charge in [0.15, 0.2) is 0 Å². The molecule has 1 heterocycles. The summed E-state index contributed by atoms with van der Waals surface area (Å²) in [4.78, 5) is 25.7. The molecule has 0 aliphatic carbocycles. The van der Waals surface area contributed by atoms with Gasteiger partial charge in [-0.15, -0.1) is 19.7 Å². The lowest BCUT2D eigenvalue weighted by Gasteiger charge is -2.22. The van der Waals surface area contributed by atoms with Crippen LogP contribution in [0.2, 0.25) is 0 Å². The summed E-state index contributed by atoms with van der Waals surface area (Å²) in [6, 6.07) is 5.34. The second-order valence-electron chi connectivity index (χ2n) is 5.30. The van der Waals surface area contributed by atoms with Gasteiger partial charge in [0.25, 0.3) is 0 Å². The molecule has 1 aromatic heterocycles. The van der Waals surface area contributed by atoms with Crippen LogP contribution in [0, 0.1) is 0 Å². The number of aromatic nitrogens is 1. The van der Waals surface area contributed by atoms with Crippen LogP contribution in [0.25, 0.3) is 10.9 Å². The highest BCUT2D eigenvalue weighted by Gasteiger charge is 2.15. The minimum atomic E-state index is -1.23. The summed E-state index contributed by atoms with van der Waals surface area (Å²) >= 11 is 0. The van der Waals surface area contributed by atoms with Gasteiger partial charge < -0.3 is 14.6 Å². The van der Waals surface area contributed by atoms with Gasteiger partial charge in [0, 0.05) is 36.9 Å². The lowest BCUT2D eigenvalue weighted by Crippen LogP contribution is -2.24. The minimum absolute atomic E-state index is 0.244. The number of carbonyl (C=O) groups is 1. The van der Waals surface area contributed by atoms with E-state index in [-0.39, 0.29) is 5.56 Å². The fourth-order valence-electron chi connectivity index (χ4n) is 2.61. The topological polar surface area (TPSA) is 62.5 Å². The van der Waals surface area contributed by atoms with Gasteiger partial charge in [-0.2, -0.15) is 0 Å². The maximum absolute atomic E-state index is 12.4. The summed E-state index contributed by atoms with van der Waals surface area (Å²) in [7, 11) is 0. The number of rotatable bonds is 8. The number of carboxylic acids is 1. The van der Waals surface area contributed by atoms with E-state index in [0.29, 0.717) is 30.5 Å². The van der Waals surface area contributed by atoms with E-state index >= 15 is 0 Å². The third-order valence-electron chi connectivity index (χ3n) is 3.69. The first-order chi connectivity index (χ1) is 11.5. The van der Waals surface area contributed by atoms with Crippen molar-refractivity contribution in [2.45, 2.75) is 6.54 Å². The third kappa shape index (κ3) is 3.30. The van der Waals surface area contributed by atoms with Gasteiger partial charge in [-0.25, -0.2) is 4.79 Å². The van der Waals surface area contributed by atoms with E-state index in [9.17, 15) is 14.7 Å². The van der Waals surface area contributed by atoms with E-state index < -0.39 is 11.4 Å². The Morgan fingerprint density at radius 1 is 1.17 bits per heavy atom. The molecule has 2 aromatic rings. The number of nitrogens with zero attached hydrogens (tertiary/aromatic N) is 2. The zero-order valence-electron chi connectivity index (χ0n) is 13.4. The zero-order valence-corrected chi connectivity index (χ0v) is 13.4. The normalized spacial score (nSPS) is 10.3. The Morgan fingerprint density at radius 3 is 2.38 bits per heavy atom.